The van der Waals surface area contributed by atoms with Crippen LogP contribution in [-0.2, 0) is 0 Å². The molecular weight excluding hydrogens is 168 g/mol. The Bertz CT molecular complexity index is 263. The summed E-state index contributed by atoms with van der Waals surface area (Å²) in [6.07, 6.45) is 5.15. The van der Waals surface area contributed by atoms with Crippen molar-refractivity contribution in [3.63, 3.8) is 0 Å². The lowest BCUT2D eigenvalue weighted by molar-refractivity contribution is 1.24. The molecule has 0 amide bonds. The van der Waals surface area contributed by atoms with Gasteiger partial charge in [-0.3, -0.25) is 0 Å². The first-order valence-corrected chi connectivity index (χ1v) is 4.65. The van der Waals surface area contributed by atoms with Crippen molar-refractivity contribution in [2.24, 2.45) is 0 Å². The third kappa shape index (κ3) is 3.10. The Labute approximate surface area is 78.9 Å². The molecule has 0 atom stereocenters. The average molecular weight is 181 g/mol. The van der Waals surface area contributed by atoms with Gasteiger partial charge in [0, 0.05) is 5.88 Å². The maximum atomic E-state index is 5.55. The maximum absolute atomic E-state index is 5.55. The van der Waals surface area contributed by atoms with Gasteiger partial charge < -0.3 is 0 Å². The van der Waals surface area contributed by atoms with Gasteiger partial charge in [0.05, 0.1) is 0 Å². The topological polar surface area (TPSA) is 0 Å². The van der Waals surface area contributed by atoms with Crippen LogP contribution in [0.15, 0.2) is 30.3 Å². The number of alkyl halides is 1. The summed E-state index contributed by atoms with van der Waals surface area (Å²) in [7, 11) is 0. The van der Waals surface area contributed by atoms with Crippen LogP contribution < -0.4 is 0 Å². The number of hydrogen-bond acceptors (Lipinski definition) is 0. The Hall–Kier alpha value is -0.750. The number of aryl methyl sites for hydroxylation is 1. The summed E-state index contributed by atoms with van der Waals surface area (Å²) in [5, 5.41) is 0. The molecule has 64 valence electrons. The number of allylic oxidation sites excluding steroid dienone is 1. The number of hydrogen-bond donors (Lipinski definition) is 0. The summed E-state index contributed by atoms with van der Waals surface area (Å²) in [4.78, 5) is 0. The molecule has 0 N–H and O–H groups in total. The van der Waals surface area contributed by atoms with Crippen LogP contribution in [0.1, 0.15) is 17.5 Å². The van der Waals surface area contributed by atoms with E-state index in [1.165, 1.54) is 11.1 Å². The van der Waals surface area contributed by atoms with Gasteiger partial charge in [0.1, 0.15) is 0 Å². The highest BCUT2D eigenvalue weighted by Gasteiger charge is 1.85. The lowest BCUT2D eigenvalue weighted by atomic mass is 10.1. The van der Waals surface area contributed by atoms with Crippen molar-refractivity contribution in [1.29, 1.82) is 0 Å². The SMILES string of the molecule is Cc1cccc(C=CCCCl)c1. The normalized spacial score (nSPS) is 10.8. The molecule has 0 aromatic heterocycles. The standard InChI is InChI=1S/C11H13Cl/c1-10-5-4-7-11(9-10)6-2-3-8-12/h2,4-7,9H,3,8H2,1H3. The van der Waals surface area contributed by atoms with Gasteiger partial charge >= 0.3 is 0 Å². The fourth-order valence-corrected chi connectivity index (χ4v) is 1.18. The first kappa shape index (κ1) is 9.34. The van der Waals surface area contributed by atoms with Crippen LogP contribution in [-0.4, -0.2) is 5.88 Å². The van der Waals surface area contributed by atoms with E-state index in [0.717, 1.165) is 6.42 Å². The molecule has 0 aliphatic carbocycles. The van der Waals surface area contributed by atoms with Gasteiger partial charge in [-0.25, -0.2) is 0 Å². The van der Waals surface area contributed by atoms with E-state index in [4.69, 9.17) is 11.6 Å². The summed E-state index contributed by atoms with van der Waals surface area (Å²) in [6, 6.07) is 8.41. The fraction of sp³-hybridized carbons (Fsp3) is 0.273. The first-order chi connectivity index (χ1) is 5.83. The van der Waals surface area contributed by atoms with Crippen molar-refractivity contribution >= 4 is 17.7 Å². The van der Waals surface area contributed by atoms with Gasteiger partial charge in [-0.2, -0.15) is 0 Å². The molecule has 0 saturated heterocycles. The average Bonchev–Trinajstić information content (AvgIpc) is 2.05. The zero-order chi connectivity index (χ0) is 8.81. The Morgan fingerprint density at radius 3 is 2.92 bits per heavy atom. The molecular formula is C11H13Cl. The van der Waals surface area contributed by atoms with E-state index in [-0.39, 0.29) is 0 Å². The first-order valence-electron chi connectivity index (χ1n) is 4.12. The van der Waals surface area contributed by atoms with Crippen LogP contribution in [0.3, 0.4) is 0 Å². The van der Waals surface area contributed by atoms with Crippen molar-refractivity contribution < 1.29 is 0 Å². The largest absolute Gasteiger partial charge is 0.126 e. The zero-order valence-electron chi connectivity index (χ0n) is 7.26. The molecule has 1 aromatic carbocycles. The van der Waals surface area contributed by atoms with Crippen LogP contribution >= 0.6 is 11.6 Å². The highest BCUT2D eigenvalue weighted by atomic mass is 35.5. The van der Waals surface area contributed by atoms with E-state index in [2.05, 4.69) is 43.3 Å². The molecule has 1 heteroatoms. The molecule has 0 heterocycles. The predicted octanol–water partition coefficient (Wildman–Crippen LogP) is 3.64. The van der Waals surface area contributed by atoms with E-state index in [9.17, 15) is 0 Å². The van der Waals surface area contributed by atoms with Crippen LogP contribution in [0.5, 0.6) is 0 Å². The minimum atomic E-state index is 0.697. The highest BCUT2D eigenvalue weighted by Crippen LogP contribution is 2.06. The predicted molar refractivity (Wildman–Crippen MR) is 55.6 cm³/mol. The molecule has 12 heavy (non-hydrogen) atoms. The van der Waals surface area contributed by atoms with E-state index in [1.807, 2.05) is 0 Å². The molecule has 0 aliphatic heterocycles. The Balaban J connectivity index is 2.63. The third-order valence-corrected chi connectivity index (χ3v) is 1.85. The number of rotatable bonds is 3. The lowest BCUT2D eigenvalue weighted by Gasteiger charge is -1.94. The van der Waals surface area contributed by atoms with Crippen molar-refractivity contribution in [3.05, 3.63) is 41.5 Å². The van der Waals surface area contributed by atoms with Crippen molar-refractivity contribution in [2.75, 3.05) is 5.88 Å². The molecule has 0 saturated carbocycles. The molecule has 0 radical (unpaired) electrons. The molecule has 0 nitrogen and oxygen atoms in total. The molecule has 0 bridgehead atoms. The second-order valence-corrected chi connectivity index (χ2v) is 3.17. The summed E-state index contributed by atoms with van der Waals surface area (Å²) in [5.74, 6) is 0.697. The van der Waals surface area contributed by atoms with Gasteiger partial charge in [0.15, 0.2) is 0 Å². The molecule has 1 aromatic rings. The summed E-state index contributed by atoms with van der Waals surface area (Å²) < 4.78 is 0. The van der Waals surface area contributed by atoms with E-state index in [0.29, 0.717) is 5.88 Å². The van der Waals surface area contributed by atoms with Crippen LogP contribution in [0, 0.1) is 6.92 Å². The lowest BCUT2D eigenvalue weighted by Crippen LogP contribution is -1.74. The highest BCUT2D eigenvalue weighted by molar-refractivity contribution is 6.17. The molecule has 0 fully saturated rings. The third-order valence-electron chi connectivity index (χ3n) is 1.63. The second-order valence-electron chi connectivity index (χ2n) is 2.79. The fourth-order valence-electron chi connectivity index (χ4n) is 1.06. The Kier molecular flexibility index (Phi) is 3.89. The minimum Gasteiger partial charge on any atom is -0.126 e. The quantitative estimate of drug-likeness (QED) is 0.624. The minimum absolute atomic E-state index is 0.697. The van der Waals surface area contributed by atoms with Crippen LogP contribution in [0.25, 0.3) is 6.08 Å². The van der Waals surface area contributed by atoms with Gasteiger partial charge in [-0.05, 0) is 18.9 Å². The smallest absolute Gasteiger partial charge is 0.0258 e. The van der Waals surface area contributed by atoms with Gasteiger partial charge in [0.2, 0.25) is 0 Å². The van der Waals surface area contributed by atoms with E-state index >= 15 is 0 Å². The monoisotopic (exact) mass is 180 g/mol. The molecule has 0 aliphatic rings. The van der Waals surface area contributed by atoms with Gasteiger partial charge in [0.25, 0.3) is 0 Å². The summed E-state index contributed by atoms with van der Waals surface area (Å²) in [6.45, 7) is 2.10. The van der Waals surface area contributed by atoms with Crippen LogP contribution in [0.4, 0.5) is 0 Å². The second kappa shape index (κ2) is 5.00. The van der Waals surface area contributed by atoms with Crippen molar-refractivity contribution in [3.8, 4) is 0 Å². The molecule has 0 unspecified atom stereocenters. The number of halogens is 1. The van der Waals surface area contributed by atoms with E-state index in [1.54, 1.807) is 0 Å². The Morgan fingerprint density at radius 2 is 2.25 bits per heavy atom. The van der Waals surface area contributed by atoms with Crippen molar-refractivity contribution in [1.82, 2.24) is 0 Å². The summed E-state index contributed by atoms with van der Waals surface area (Å²) >= 11 is 5.55. The van der Waals surface area contributed by atoms with E-state index < -0.39 is 0 Å². The van der Waals surface area contributed by atoms with Crippen molar-refractivity contribution in [2.45, 2.75) is 13.3 Å². The van der Waals surface area contributed by atoms with Gasteiger partial charge in [-0.15, -0.1) is 11.6 Å². The van der Waals surface area contributed by atoms with Crippen LogP contribution in [0.2, 0.25) is 0 Å². The maximum Gasteiger partial charge on any atom is 0.0258 e. The Morgan fingerprint density at radius 1 is 1.42 bits per heavy atom. The molecule has 1 rings (SSSR count). The zero-order valence-corrected chi connectivity index (χ0v) is 8.01. The number of benzene rings is 1. The van der Waals surface area contributed by atoms with Gasteiger partial charge in [-0.1, -0.05) is 42.0 Å². The summed E-state index contributed by atoms with van der Waals surface area (Å²) in [5.41, 5.74) is 2.54. The molecule has 0 spiro atoms.